The molecule has 19 heavy (non-hydrogen) atoms. The Morgan fingerprint density at radius 1 is 1.16 bits per heavy atom. The molecule has 4 heteroatoms. The first-order valence-corrected chi connectivity index (χ1v) is 6.23. The highest BCUT2D eigenvalue weighted by atomic mass is 16.5. The summed E-state index contributed by atoms with van der Waals surface area (Å²) in [6, 6.07) is 11.6. The first kappa shape index (κ1) is 13.4. The second kappa shape index (κ2) is 6.75. The lowest BCUT2D eigenvalue weighted by Gasteiger charge is -2.11. The third kappa shape index (κ3) is 3.69. The smallest absolute Gasteiger partial charge is 0.161 e. The highest BCUT2D eigenvalue weighted by molar-refractivity contribution is 5.42. The predicted octanol–water partition coefficient (Wildman–Crippen LogP) is 2.17. The summed E-state index contributed by atoms with van der Waals surface area (Å²) in [6.07, 6.45) is 2.55. The molecule has 0 unspecified atom stereocenters. The molecule has 100 valence electrons. The minimum atomic E-state index is 0.491. The van der Waals surface area contributed by atoms with Crippen LogP contribution in [0.2, 0.25) is 0 Å². The standard InChI is InChI=1S/C15H18N2O2/c1-18-15-10-12(11-16)5-6-14(15)19-9-7-13-4-2-3-8-17-13/h2-6,8,10H,7,9,11,16H2,1H3. The molecule has 2 aromatic rings. The zero-order valence-corrected chi connectivity index (χ0v) is 11.0. The van der Waals surface area contributed by atoms with Crippen molar-refractivity contribution in [2.45, 2.75) is 13.0 Å². The van der Waals surface area contributed by atoms with Crippen LogP contribution in [0.15, 0.2) is 42.6 Å². The van der Waals surface area contributed by atoms with E-state index in [0.29, 0.717) is 18.9 Å². The van der Waals surface area contributed by atoms with Crippen molar-refractivity contribution in [1.29, 1.82) is 0 Å². The molecular formula is C15H18N2O2. The van der Waals surface area contributed by atoms with Crippen LogP contribution in [0.3, 0.4) is 0 Å². The monoisotopic (exact) mass is 258 g/mol. The second-order valence-electron chi connectivity index (χ2n) is 4.11. The Balaban J connectivity index is 1.96. The Morgan fingerprint density at radius 3 is 2.74 bits per heavy atom. The maximum atomic E-state index is 5.73. The highest BCUT2D eigenvalue weighted by Gasteiger charge is 2.05. The average molecular weight is 258 g/mol. The van der Waals surface area contributed by atoms with Crippen LogP contribution in [0.25, 0.3) is 0 Å². The zero-order chi connectivity index (χ0) is 13.5. The predicted molar refractivity (Wildman–Crippen MR) is 74.3 cm³/mol. The van der Waals surface area contributed by atoms with E-state index in [9.17, 15) is 0 Å². The molecule has 0 saturated heterocycles. The number of methoxy groups -OCH3 is 1. The maximum Gasteiger partial charge on any atom is 0.161 e. The van der Waals surface area contributed by atoms with Crippen LogP contribution in [0.4, 0.5) is 0 Å². The van der Waals surface area contributed by atoms with Gasteiger partial charge in [-0.05, 0) is 29.8 Å². The van der Waals surface area contributed by atoms with Gasteiger partial charge in [0.05, 0.1) is 13.7 Å². The summed E-state index contributed by atoms with van der Waals surface area (Å²) in [5.74, 6) is 1.44. The summed E-state index contributed by atoms with van der Waals surface area (Å²) in [4.78, 5) is 4.25. The van der Waals surface area contributed by atoms with E-state index < -0.39 is 0 Å². The van der Waals surface area contributed by atoms with Crippen molar-refractivity contribution in [2.24, 2.45) is 5.73 Å². The normalized spacial score (nSPS) is 10.2. The van der Waals surface area contributed by atoms with Gasteiger partial charge in [-0.15, -0.1) is 0 Å². The molecule has 0 spiro atoms. The van der Waals surface area contributed by atoms with Crippen LogP contribution in [0, 0.1) is 0 Å². The summed E-state index contributed by atoms with van der Waals surface area (Å²) in [6.45, 7) is 1.06. The molecule has 2 N–H and O–H groups in total. The molecule has 1 aromatic carbocycles. The number of hydrogen-bond acceptors (Lipinski definition) is 4. The van der Waals surface area contributed by atoms with Gasteiger partial charge in [0.15, 0.2) is 11.5 Å². The average Bonchev–Trinajstić information content (AvgIpc) is 2.48. The van der Waals surface area contributed by atoms with E-state index in [1.165, 1.54) is 0 Å². The largest absolute Gasteiger partial charge is 0.493 e. The van der Waals surface area contributed by atoms with Crippen molar-refractivity contribution in [1.82, 2.24) is 4.98 Å². The fourth-order valence-electron chi connectivity index (χ4n) is 1.77. The quantitative estimate of drug-likeness (QED) is 0.862. The molecule has 0 fully saturated rings. The lowest BCUT2D eigenvalue weighted by atomic mass is 10.2. The molecule has 0 aliphatic heterocycles. The Kier molecular flexibility index (Phi) is 4.75. The molecule has 0 amide bonds. The van der Waals surface area contributed by atoms with E-state index in [1.54, 1.807) is 13.3 Å². The molecule has 0 aliphatic carbocycles. The van der Waals surface area contributed by atoms with Crippen molar-refractivity contribution in [3.05, 3.63) is 53.9 Å². The van der Waals surface area contributed by atoms with Gasteiger partial charge in [0.1, 0.15) is 0 Å². The first-order chi connectivity index (χ1) is 9.33. The van der Waals surface area contributed by atoms with Gasteiger partial charge in [0.2, 0.25) is 0 Å². The van der Waals surface area contributed by atoms with E-state index in [0.717, 1.165) is 23.4 Å². The van der Waals surface area contributed by atoms with Crippen LogP contribution in [0.5, 0.6) is 11.5 Å². The van der Waals surface area contributed by atoms with Gasteiger partial charge in [-0.3, -0.25) is 4.98 Å². The number of pyridine rings is 1. The van der Waals surface area contributed by atoms with Crippen molar-refractivity contribution in [3.63, 3.8) is 0 Å². The number of aromatic nitrogens is 1. The van der Waals surface area contributed by atoms with E-state index in [-0.39, 0.29) is 0 Å². The van der Waals surface area contributed by atoms with Gasteiger partial charge >= 0.3 is 0 Å². The van der Waals surface area contributed by atoms with Gasteiger partial charge in [-0.1, -0.05) is 12.1 Å². The molecule has 1 heterocycles. The van der Waals surface area contributed by atoms with Gasteiger partial charge < -0.3 is 15.2 Å². The fourth-order valence-corrected chi connectivity index (χ4v) is 1.77. The molecule has 0 atom stereocenters. The Labute approximate surface area is 113 Å². The van der Waals surface area contributed by atoms with Crippen molar-refractivity contribution >= 4 is 0 Å². The summed E-state index contributed by atoms with van der Waals surface area (Å²) in [5, 5.41) is 0. The molecule has 1 aromatic heterocycles. The van der Waals surface area contributed by atoms with Gasteiger partial charge in [0, 0.05) is 24.9 Å². The number of nitrogens with two attached hydrogens (primary N) is 1. The lowest BCUT2D eigenvalue weighted by Crippen LogP contribution is -2.04. The number of benzene rings is 1. The number of hydrogen-bond donors (Lipinski definition) is 1. The minimum Gasteiger partial charge on any atom is -0.493 e. The fraction of sp³-hybridized carbons (Fsp3) is 0.267. The number of nitrogens with zero attached hydrogens (tertiary/aromatic N) is 1. The van der Waals surface area contributed by atoms with E-state index in [1.807, 2.05) is 36.4 Å². The van der Waals surface area contributed by atoms with Gasteiger partial charge in [-0.25, -0.2) is 0 Å². The van der Waals surface area contributed by atoms with Crippen molar-refractivity contribution < 1.29 is 9.47 Å². The molecule has 0 bridgehead atoms. The van der Waals surface area contributed by atoms with Crippen LogP contribution in [0.1, 0.15) is 11.3 Å². The topological polar surface area (TPSA) is 57.4 Å². The number of ether oxygens (including phenoxy) is 2. The van der Waals surface area contributed by atoms with Crippen molar-refractivity contribution in [2.75, 3.05) is 13.7 Å². The van der Waals surface area contributed by atoms with Crippen LogP contribution < -0.4 is 15.2 Å². The van der Waals surface area contributed by atoms with Gasteiger partial charge in [-0.2, -0.15) is 0 Å². The summed E-state index contributed by atoms with van der Waals surface area (Å²) < 4.78 is 11.0. The Morgan fingerprint density at radius 2 is 2.05 bits per heavy atom. The zero-order valence-electron chi connectivity index (χ0n) is 11.0. The number of rotatable bonds is 6. The van der Waals surface area contributed by atoms with E-state index in [4.69, 9.17) is 15.2 Å². The van der Waals surface area contributed by atoms with Crippen LogP contribution in [-0.4, -0.2) is 18.7 Å². The molecule has 0 radical (unpaired) electrons. The molecule has 4 nitrogen and oxygen atoms in total. The second-order valence-corrected chi connectivity index (χ2v) is 4.11. The van der Waals surface area contributed by atoms with E-state index >= 15 is 0 Å². The van der Waals surface area contributed by atoms with Crippen molar-refractivity contribution in [3.8, 4) is 11.5 Å². The summed E-state index contributed by atoms with van der Waals surface area (Å²) in [5.41, 5.74) is 7.63. The summed E-state index contributed by atoms with van der Waals surface area (Å²) >= 11 is 0. The Bertz CT molecular complexity index is 515. The summed E-state index contributed by atoms with van der Waals surface area (Å²) in [7, 11) is 1.63. The van der Waals surface area contributed by atoms with E-state index in [2.05, 4.69) is 4.98 Å². The SMILES string of the molecule is COc1cc(CN)ccc1OCCc1ccccn1. The lowest BCUT2D eigenvalue weighted by molar-refractivity contribution is 0.296. The van der Waals surface area contributed by atoms with Crippen LogP contribution in [-0.2, 0) is 13.0 Å². The molecule has 0 aliphatic rings. The molecular weight excluding hydrogens is 240 g/mol. The van der Waals surface area contributed by atoms with Crippen LogP contribution >= 0.6 is 0 Å². The molecule has 0 saturated carbocycles. The minimum absolute atomic E-state index is 0.491. The Hall–Kier alpha value is -2.07. The third-order valence-electron chi connectivity index (χ3n) is 2.81. The first-order valence-electron chi connectivity index (χ1n) is 6.23. The van der Waals surface area contributed by atoms with Gasteiger partial charge in [0.25, 0.3) is 0 Å². The maximum absolute atomic E-state index is 5.73. The highest BCUT2D eigenvalue weighted by Crippen LogP contribution is 2.27. The third-order valence-corrected chi connectivity index (χ3v) is 2.81. The molecule has 2 rings (SSSR count).